The molecule has 25 heteroatoms. The quantitative estimate of drug-likeness (QED) is 0.0381. The summed E-state index contributed by atoms with van der Waals surface area (Å²) in [6, 6.07) is -11.7. The number of hydrogen-bond acceptors (Lipinski definition) is 15. The number of nitrogens with zero attached hydrogens (tertiary/aromatic N) is 5. The zero-order valence-electron chi connectivity index (χ0n) is 43.4. The first-order valence-corrected chi connectivity index (χ1v) is 24.0. The van der Waals surface area contributed by atoms with Crippen molar-refractivity contribution in [1.29, 1.82) is 0 Å². The van der Waals surface area contributed by atoms with Crippen molar-refractivity contribution in [2.24, 2.45) is 11.8 Å². The van der Waals surface area contributed by atoms with E-state index in [4.69, 9.17) is 4.74 Å². The molecule has 0 saturated heterocycles. The van der Waals surface area contributed by atoms with Crippen molar-refractivity contribution in [2.45, 2.75) is 136 Å². The number of hydrogen-bond donors (Lipinski definition) is 7. The van der Waals surface area contributed by atoms with Crippen molar-refractivity contribution in [3.8, 4) is 0 Å². The molecule has 398 valence electrons. The Bertz CT molecular complexity index is 1880. The van der Waals surface area contributed by atoms with Crippen LogP contribution in [0.25, 0.3) is 0 Å². The predicted molar refractivity (Wildman–Crippen MR) is 260 cm³/mol. The van der Waals surface area contributed by atoms with Gasteiger partial charge in [0.05, 0.1) is 18.8 Å². The molecule has 0 unspecified atom stereocenters. The first-order chi connectivity index (χ1) is 32.4. The topological polar surface area (TPSA) is 314 Å². The zero-order chi connectivity index (χ0) is 54.4. The van der Waals surface area contributed by atoms with E-state index in [1.807, 2.05) is 30.6 Å². The van der Waals surface area contributed by atoms with Crippen molar-refractivity contribution < 1.29 is 67.7 Å². The molecule has 0 fully saturated rings. The fraction of sp³-hybridized carbons (Fsp3) is 0.711. The van der Waals surface area contributed by atoms with E-state index in [9.17, 15) is 63.0 Å². The molecule has 0 aliphatic rings. The third kappa shape index (κ3) is 21.0. The smallest absolute Gasteiger partial charge is 0.333 e. The van der Waals surface area contributed by atoms with Gasteiger partial charge in [-0.2, -0.15) is 11.8 Å². The third-order valence-corrected chi connectivity index (χ3v) is 12.2. The van der Waals surface area contributed by atoms with Gasteiger partial charge < -0.3 is 45.6 Å². The van der Waals surface area contributed by atoms with Crippen LogP contribution >= 0.6 is 11.8 Å². The van der Waals surface area contributed by atoms with Gasteiger partial charge in [0.15, 0.2) is 0 Å². The maximum absolute atomic E-state index is 14.6. The summed E-state index contributed by atoms with van der Waals surface area (Å²) in [7, 11) is 8.50. The SMILES string of the molecule is C/C=C/C[C@@H](C)[C@@H](O)[C@@H](C(=O)N[C@@H](CC)C(=O)N(C)[C@@H](CSCCCC(=O)OC)C(=O)N(C)[C@@H](CC(C)(C)O)C(=O)NC(=O)N(C)C(=O)NC(=O)N[C@@H](C)C(=O)N(C)C(=O)NC)N(C)C(=O)CC(C)C. The number of nitrogens with one attached hydrogen (secondary N) is 5. The average molecular weight is 1020 g/mol. The second kappa shape index (κ2) is 30.7. The lowest BCUT2D eigenvalue weighted by Gasteiger charge is -2.38. The molecule has 0 saturated carbocycles. The molecule has 0 aromatic rings. The molecular formula is C45H78N10O14S. The van der Waals surface area contributed by atoms with E-state index in [0.29, 0.717) is 28.4 Å². The van der Waals surface area contributed by atoms with Crippen LogP contribution in [0.15, 0.2) is 12.2 Å². The van der Waals surface area contributed by atoms with Gasteiger partial charge in [0.1, 0.15) is 30.2 Å². The van der Waals surface area contributed by atoms with Crippen molar-refractivity contribution in [3.05, 3.63) is 12.2 Å². The molecule has 0 bridgehead atoms. The number of allylic oxidation sites excluding steroid dienone is 2. The highest BCUT2D eigenvalue weighted by Crippen LogP contribution is 2.22. The second-order valence-electron chi connectivity index (χ2n) is 17.9. The van der Waals surface area contributed by atoms with E-state index in [1.54, 1.807) is 26.8 Å². The number of aliphatic hydroxyl groups is 2. The van der Waals surface area contributed by atoms with Crippen molar-refractivity contribution in [1.82, 2.24) is 51.1 Å². The van der Waals surface area contributed by atoms with Crippen LogP contribution in [0.4, 0.5) is 19.2 Å². The molecule has 14 amide bonds. The maximum Gasteiger partial charge on any atom is 0.333 e. The Labute approximate surface area is 415 Å². The number of methoxy groups -OCH3 is 1. The number of likely N-dealkylation sites (N-methyl/N-ethyl adjacent to an activating group) is 4. The van der Waals surface area contributed by atoms with E-state index in [1.165, 1.54) is 72.7 Å². The van der Waals surface area contributed by atoms with Gasteiger partial charge >= 0.3 is 30.1 Å². The van der Waals surface area contributed by atoms with Crippen LogP contribution in [0, 0.1) is 11.8 Å². The first-order valence-electron chi connectivity index (χ1n) is 22.9. The number of urea groups is 4. The van der Waals surface area contributed by atoms with Gasteiger partial charge in [-0.1, -0.05) is 39.8 Å². The molecule has 0 aromatic heterocycles. The summed E-state index contributed by atoms with van der Waals surface area (Å²) in [5.74, 6) is -5.65. The van der Waals surface area contributed by atoms with Crippen LogP contribution in [0.3, 0.4) is 0 Å². The minimum Gasteiger partial charge on any atom is -0.469 e. The molecule has 0 aliphatic heterocycles. The molecule has 0 heterocycles. The predicted octanol–water partition coefficient (Wildman–Crippen LogP) is 0.992. The molecule has 0 radical (unpaired) electrons. The third-order valence-electron chi connectivity index (χ3n) is 11.0. The summed E-state index contributed by atoms with van der Waals surface area (Å²) in [5, 5.41) is 33.2. The van der Waals surface area contributed by atoms with E-state index in [2.05, 4.69) is 16.0 Å². The highest BCUT2D eigenvalue weighted by molar-refractivity contribution is 7.99. The van der Waals surface area contributed by atoms with Crippen LogP contribution < -0.4 is 26.6 Å². The molecule has 0 aliphatic carbocycles. The standard InChI is InChI=1S/C45H78N10O14S/c1-16-18-20-27(5)35(58)34(53(12)32(56)23-26(3)4)37(60)48-29(17-2)39(62)52(11)31(25-70-22-19-21-33(57)69-15)40(63)51(10)30(24-45(7,8)68)36(59)49-43(66)55(14)44(67)50-41(64)47-28(6)38(61)54(13)42(65)46-9/h16,18,26-31,34-35,58,68H,17,19-25H2,1-15H3,(H,46,65)(H,48,60)(H,49,59,66)(H2,47,50,64,67)/b18-16+/t27-,28+,29+,30+,31+,34+,35-/m1/s1. The fourth-order valence-electron chi connectivity index (χ4n) is 6.63. The Kier molecular flexibility index (Phi) is 28.2. The number of esters is 1. The normalized spacial score (nSPS) is 14.3. The van der Waals surface area contributed by atoms with Gasteiger partial charge in [-0.15, -0.1) is 0 Å². The number of rotatable bonds is 25. The second-order valence-corrected chi connectivity index (χ2v) is 19.1. The molecule has 7 atom stereocenters. The van der Waals surface area contributed by atoms with Gasteiger partial charge in [-0.25, -0.2) is 24.1 Å². The summed E-state index contributed by atoms with van der Waals surface area (Å²) in [5.41, 5.74) is -1.66. The molecule has 24 nitrogen and oxygen atoms in total. The van der Waals surface area contributed by atoms with E-state index < -0.39 is 120 Å². The van der Waals surface area contributed by atoms with Gasteiger partial charge in [-0.3, -0.25) is 49.1 Å². The van der Waals surface area contributed by atoms with Crippen molar-refractivity contribution in [3.63, 3.8) is 0 Å². The molecule has 7 N–H and O–H groups in total. The molecule has 0 aromatic carbocycles. The maximum atomic E-state index is 14.6. The van der Waals surface area contributed by atoms with Crippen molar-refractivity contribution in [2.75, 3.05) is 60.9 Å². The summed E-state index contributed by atoms with van der Waals surface area (Å²) in [4.78, 5) is 149. The van der Waals surface area contributed by atoms with Crippen LogP contribution in [-0.2, 0) is 38.3 Å². The lowest BCUT2D eigenvalue weighted by Crippen LogP contribution is -2.62. The Balaban J connectivity index is 6.79. The van der Waals surface area contributed by atoms with E-state index in [0.717, 1.165) is 23.9 Å². The number of ether oxygens (including phenoxy) is 1. The van der Waals surface area contributed by atoms with Gasteiger partial charge in [0.2, 0.25) is 23.6 Å². The summed E-state index contributed by atoms with van der Waals surface area (Å²) >= 11 is 1.19. The molecular weight excluding hydrogens is 937 g/mol. The number of aliphatic hydroxyl groups excluding tert-OH is 1. The molecule has 0 rings (SSSR count). The summed E-state index contributed by atoms with van der Waals surface area (Å²) < 4.78 is 4.71. The number of amides is 14. The number of imide groups is 4. The minimum atomic E-state index is -1.66. The Hall–Kier alpha value is -5.82. The zero-order valence-corrected chi connectivity index (χ0v) is 44.2. The number of carbonyl (C=O) groups excluding carboxylic acids is 11. The van der Waals surface area contributed by atoms with Crippen LogP contribution in [0.1, 0.15) is 93.9 Å². The van der Waals surface area contributed by atoms with Crippen molar-refractivity contribution >= 4 is 77.3 Å². The Morgan fingerprint density at radius 3 is 1.84 bits per heavy atom. The first kappa shape index (κ1) is 64.2. The van der Waals surface area contributed by atoms with Crippen LogP contribution in [0.5, 0.6) is 0 Å². The highest BCUT2D eigenvalue weighted by atomic mass is 32.2. The van der Waals surface area contributed by atoms with Gasteiger partial charge in [-0.05, 0) is 64.5 Å². The van der Waals surface area contributed by atoms with Gasteiger partial charge in [0, 0.05) is 67.3 Å². The lowest BCUT2D eigenvalue weighted by molar-refractivity contribution is -0.150. The number of thioether (sulfide) groups is 1. The molecule has 70 heavy (non-hydrogen) atoms. The monoisotopic (exact) mass is 1010 g/mol. The van der Waals surface area contributed by atoms with E-state index in [-0.39, 0.29) is 30.9 Å². The van der Waals surface area contributed by atoms with Gasteiger partial charge in [0.25, 0.3) is 11.8 Å². The van der Waals surface area contributed by atoms with Crippen LogP contribution in [-0.4, -0.2) is 203 Å². The Morgan fingerprint density at radius 2 is 1.33 bits per heavy atom. The lowest BCUT2D eigenvalue weighted by atomic mass is 9.92. The number of carbonyl (C=O) groups is 11. The van der Waals surface area contributed by atoms with E-state index >= 15 is 0 Å². The molecule has 0 spiro atoms. The summed E-state index contributed by atoms with van der Waals surface area (Å²) in [6.45, 7) is 12.7. The highest BCUT2D eigenvalue weighted by Gasteiger charge is 2.42. The van der Waals surface area contributed by atoms with Crippen LogP contribution in [0.2, 0.25) is 0 Å². The average Bonchev–Trinajstić information content (AvgIpc) is 3.29. The Morgan fingerprint density at radius 1 is 0.757 bits per heavy atom. The fourth-order valence-corrected chi connectivity index (χ4v) is 7.74. The minimum absolute atomic E-state index is 0.000689. The summed E-state index contributed by atoms with van der Waals surface area (Å²) in [6.07, 6.45) is 2.64. The largest absolute Gasteiger partial charge is 0.469 e.